The second-order valence-corrected chi connectivity index (χ2v) is 4.10. The molecule has 0 bridgehead atoms. The topological polar surface area (TPSA) is 27.0 Å². The molecule has 3 heteroatoms. The summed E-state index contributed by atoms with van der Waals surface area (Å²) in [5.41, 5.74) is 0. The SMILES string of the molecule is CCCC(C#N)N(C)CCC(C)C.Cl. The predicted molar refractivity (Wildman–Crippen MR) is 63.6 cm³/mol. The standard InChI is InChI=1S/C11H22N2.ClH/c1-5-6-11(9-12)13(4)8-7-10(2)3;/h10-11H,5-8H2,1-4H3;1H. The zero-order valence-corrected chi connectivity index (χ0v) is 10.6. The lowest BCUT2D eigenvalue weighted by Crippen LogP contribution is -2.31. The van der Waals surface area contributed by atoms with Gasteiger partial charge in [-0.1, -0.05) is 27.2 Å². The molecular formula is C11H23ClN2. The van der Waals surface area contributed by atoms with Crippen LogP contribution in [0.5, 0.6) is 0 Å². The van der Waals surface area contributed by atoms with Crippen molar-refractivity contribution in [3.8, 4) is 6.07 Å². The smallest absolute Gasteiger partial charge is 0.0975 e. The second-order valence-electron chi connectivity index (χ2n) is 4.10. The van der Waals surface area contributed by atoms with Crippen LogP contribution in [0, 0.1) is 17.2 Å². The fourth-order valence-corrected chi connectivity index (χ4v) is 1.27. The average molecular weight is 219 g/mol. The van der Waals surface area contributed by atoms with Gasteiger partial charge in [0.15, 0.2) is 0 Å². The molecule has 0 spiro atoms. The van der Waals surface area contributed by atoms with Crippen LogP contribution >= 0.6 is 12.4 Å². The van der Waals surface area contributed by atoms with Crippen molar-refractivity contribution in [1.82, 2.24) is 4.90 Å². The van der Waals surface area contributed by atoms with Crippen LogP contribution in [0.3, 0.4) is 0 Å². The Hall–Kier alpha value is -0.260. The molecule has 2 nitrogen and oxygen atoms in total. The Morgan fingerprint density at radius 1 is 1.29 bits per heavy atom. The van der Waals surface area contributed by atoms with Gasteiger partial charge in [0.1, 0.15) is 0 Å². The summed E-state index contributed by atoms with van der Waals surface area (Å²) >= 11 is 0. The van der Waals surface area contributed by atoms with E-state index in [1.54, 1.807) is 0 Å². The summed E-state index contributed by atoms with van der Waals surface area (Å²) in [6.07, 6.45) is 3.26. The van der Waals surface area contributed by atoms with Gasteiger partial charge in [0, 0.05) is 0 Å². The fraction of sp³-hybridized carbons (Fsp3) is 0.909. The van der Waals surface area contributed by atoms with E-state index in [4.69, 9.17) is 5.26 Å². The highest BCUT2D eigenvalue weighted by Gasteiger charge is 2.12. The van der Waals surface area contributed by atoms with E-state index in [-0.39, 0.29) is 18.4 Å². The molecule has 1 atom stereocenters. The maximum atomic E-state index is 8.90. The molecular weight excluding hydrogens is 196 g/mol. The first kappa shape index (κ1) is 16.2. The Morgan fingerprint density at radius 3 is 2.21 bits per heavy atom. The molecule has 0 amide bonds. The highest BCUT2D eigenvalue weighted by Crippen LogP contribution is 2.07. The Balaban J connectivity index is 0. The fourth-order valence-electron chi connectivity index (χ4n) is 1.27. The van der Waals surface area contributed by atoms with E-state index >= 15 is 0 Å². The van der Waals surface area contributed by atoms with E-state index in [1.807, 2.05) is 7.05 Å². The molecule has 14 heavy (non-hydrogen) atoms. The number of hydrogen-bond donors (Lipinski definition) is 0. The van der Waals surface area contributed by atoms with Crippen LogP contribution in [0.4, 0.5) is 0 Å². The van der Waals surface area contributed by atoms with Crippen LogP contribution in [-0.4, -0.2) is 24.5 Å². The van der Waals surface area contributed by atoms with Crippen LogP contribution in [-0.2, 0) is 0 Å². The van der Waals surface area contributed by atoms with Crippen LogP contribution < -0.4 is 0 Å². The molecule has 0 saturated carbocycles. The highest BCUT2D eigenvalue weighted by molar-refractivity contribution is 5.85. The van der Waals surface area contributed by atoms with Crippen molar-refractivity contribution in [3.63, 3.8) is 0 Å². The third-order valence-electron chi connectivity index (χ3n) is 2.30. The van der Waals surface area contributed by atoms with Crippen molar-refractivity contribution >= 4 is 12.4 Å². The Kier molecular flexibility index (Phi) is 10.7. The van der Waals surface area contributed by atoms with Gasteiger partial charge in [0.25, 0.3) is 0 Å². The molecule has 0 N–H and O–H groups in total. The summed E-state index contributed by atoms with van der Waals surface area (Å²) in [7, 11) is 2.05. The van der Waals surface area contributed by atoms with E-state index in [1.165, 1.54) is 6.42 Å². The first-order valence-electron chi connectivity index (χ1n) is 5.21. The molecule has 84 valence electrons. The largest absolute Gasteiger partial charge is 0.291 e. The third kappa shape index (κ3) is 7.17. The minimum absolute atomic E-state index is 0. The van der Waals surface area contributed by atoms with Gasteiger partial charge < -0.3 is 0 Å². The molecule has 0 radical (unpaired) electrons. The summed E-state index contributed by atoms with van der Waals surface area (Å²) in [5.74, 6) is 0.725. The number of halogens is 1. The highest BCUT2D eigenvalue weighted by atomic mass is 35.5. The number of nitriles is 1. The molecule has 0 aromatic carbocycles. The molecule has 0 aromatic heterocycles. The lowest BCUT2D eigenvalue weighted by molar-refractivity contribution is 0.258. The minimum Gasteiger partial charge on any atom is -0.291 e. The number of rotatable bonds is 6. The van der Waals surface area contributed by atoms with E-state index in [0.29, 0.717) is 0 Å². The van der Waals surface area contributed by atoms with Crippen molar-refractivity contribution in [1.29, 1.82) is 5.26 Å². The third-order valence-corrected chi connectivity index (χ3v) is 2.30. The summed E-state index contributed by atoms with van der Waals surface area (Å²) in [5, 5.41) is 8.90. The molecule has 0 fully saturated rings. The number of nitrogens with zero attached hydrogens (tertiary/aromatic N) is 2. The monoisotopic (exact) mass is 218 g/mol. The zero-order chi connectivity index (χ0) is 10.3. The van der Waals surface area contributed by atoms with Crippen LogP contribution in [0.15, 0.2) is 0 Å². The van der Waals surface area contributed by atoms with Gasteiger partial charge >= 0.3 is 0 Å². The van der Waals surface area contributed by atoms with Crippen LogP contribution in [0.2, 0.25) is 0 Å². The van der Waals surface area contributed by atoms with Crippen molar-refractivity contribution < 1.29 is 0 Å². The van der Waals surface area contributed by atoms with Gasteiger partial charge in [-0.25, -0.2) is 0 Å². The summed E-state index contributed by atoms with van der Waals surface area (Å²) < 4.78 is 0. The van der Waals surface area contributed by atoms with E-state index in [0.717, 1.165) is 25.3 Å². The van der Waals surface area contributed by atoms with E-state index < -0.39 is 0 Å². The lowest BCUT2D eigenvalue weighted by atomic mass is 10.1. The molecule has 0 heterocycles. The second kappa shape index (κ2) is 9.30. The quantitative estimate of drug-likeness (QED) is 0.685. The summed E-state index contributed by atoms with van der Waals surface area (Å²) in [6.45, 7) is 7.60. The van der Waals surface area contributed by atoms with Gasteiger partial charge in [-0.2, -0.15) is 5.26 Å². The Morgan fingerprint density at radius 2 is 1.86 bits per heavy atom. The molecule has 1 unspecified atom stereocenters. The summed E-state index contributed by atoms with van der Waals surface area (Å²) in [4.78, 5) is 2.17. The maximum absolute atomic E-state index is 8.90. The van der Waals surface area contributed by atoms with Crippen molar-refractivity contribution in [2.45, 2.75) is 46.1 Å². The molecule has 0 saturated heterocycles. The molecule has 0 aromatic rings. The van der Waals surface area contributed by atoms with Gasteiger partial charge in [-0.05, 0) is 32.4 Å². The van der Waals surface area contributed by atoms with Gasteiger partial charge in [-0.15, -0.1) is 12.4 Å². The number of hydrogen-bond acceptors (Lipinski definition) is 2. The van der Waals surface area contributed by atoms with Gasteiger partial charge in [0.2, 0.25) is 0 Å². The average Bonchev–Trinajstić information content (AvgIpc) is 2.10. The van der Waals surface area contributed by atoms with E-state index in [2.05, 4.69) is 31.7 Å². The molecule has 0 aliphatic carbocycles. The first-order valence-corrected chi connectivity index (χ1v) is 5.21. The van der Waals surface area contributed by atoms with Gasteiger partial charge in [0.05, 0.1) is 12.1 Å². The maximum Gasteiger partial charge on any atom is 0.0975 e. The minimum atomic E-state index is 0. The molecule has 0 rings (SSSR count). The lowest BCUT2D eigenvalue weighted by Gasteiger charge is -2.22. The first-order chi connectivity index (χ1) is 6.11. The zero-order valence-electron chi connectivity index (χ0n) is 9.79. The Labute approximate surface area is 94.7 Å². The van der Waals surface area contributed by atoms with Gasteiger partial charge in [-0.3, -0.25) is 4.90 Å². The van der Waals surface area contributed by atoms with Crippen molar-refractivity contribution in [3.05, 3.63) is 0 Å². The Bertz CT molecular complexity index is 163. The van der Waals surface area contributed by atoms with Crippen LogP contribution in [0.25, 0.3) is 0 Å². The van der Waals surface area contributed by atoms with Crippen LogP contribution in [0.1, 0.15) is 40.0 Å². The normalized spacial score (nSPS) is 12.4. The predicted octanol–water partition coefficient (Wildman–Crippen LogP) is 3.08. The summed E-state index contributed by atoms with van der Waals surface area (Å²) in [6, 6.07) is 2.47. The van der Waals surface area contributed by atoms with Crippen molar-refractivity contribution in [2.75, 3.05) is 13.6 Å². The molecule has 0 aliphatic rings. The van der Waals surface area contributed by atoms with Crippen molar-refractivity contribution in [2.24, 2.45) is 5.92 Å². The van der Waals surface area contributed by atoms with E-state index in [9.17, 15) is 0 Å². The molecule has 0 aliphatic heterocycles.